The highest BCUT2D eigenvalue weighted by molar-refractivity contribution is 5.92. The second-order valence-corrected chi connectivity index (χ2v) is 4.50. The van der Waals surface area contributed by atoms with Crippen LogP contribution in [0.4, 0.5) is 0 Å². The summed E-state index contributed by atoms with van der Waals surface area (Å²) in [5, 5.41) is 7.14. The monoisotopic (exact) mass is 261 g/mol. The standard InChI is InChI=1S/C14H19N3O2/c1-4-17-13(9-10(2)16-17)14(18)15-8-7-12-6-5-11(3)19-12/h5-6,9H,4,7-8H2,1-3H3,(H,15,18). The van der Waals surface area contributed by atoms with Crippen LogP contribution in [0.5, 0.6) is 0 Å². The van der Waals surface area contributed by atoms with Crippen molar-refractivity contribution in [2.24, 2.45) is 0 Å². The topological polar surface area (TPSA) is 60.1 Å². The lowest BCUT2D eigenvalue weighted by Gasteiger charge is -2.05. The molecule has 2 aromatic heterocycles. The largest absolute Gasteiger partial charge is 0.466 e. The molecule has 19 heavy (non-hydrogen) atoms. The minimum Gasteiger partial charge on any atom is -0.466 e. The molecule has 0 fully saturated rings. The van der Waals surface area contributed by atoms with E-state index in [1.54, 1.807) is 10.7 Å². The van der Waals surface area contributed by atoms with Gasteiger partial charge in [-0.25, -0.2) is 0 Å². The summed E-state index contributed by atoms with van der Waals surface area (Å²) < 4.78 is 7.16. The number of furan rings is 1. The molecule has 0 unspecified atom stereocenters. The van der Waals surface area contributed by atoms with Crippen LogP contribution < -0.4 is 5.32 Å². The SMILES string of the molecule is CCn1nc(C)cc1C(=O)NCCc1ccc(C)o1. The summed E-state index contributed by atoms with van der Waals surface area (Å²) in [6.45, 7) is 7.00. The van der Waals surface area contributed by atoms with Gasteiger partial charge in [0.1, 0.15) is 17.2 Å². The third kappa shape index (κ3) is 3.24. The van der Waals surface area contributed by atoms with E-state index in [-0.39, 0.29) is 5.91 Å². The Balaban J connectivity index is 1.90. The molecule has 2 aromatic rings. The zero-order valence-corrected chi connectivity index (χ0v) is 11.6. The Morgan fingerprint density at radius 3 is 2.84 bits per heavy atom. The van der Waals surface area contributed by atoms with Crippen molar-refractivity contribution in [2.75, 3.05) is 6.54 Å². The maximum absolute atomic E-state index is 12.0. The molecule has 1 amide bonds. The fourth-order valence-corrected chi connectivity index (χ4v) is 1.98. The summed E-state index contributed by atoms with van der Waals surface area (Å²) in [6, 6.07) is 5.66. The van der Waals surface area contributed by atoms with Gasteiger partial charge in [0.05, 0.1) is 5.69 Å². The lowest BCUT2D eigenvalue weighted by atomic mass is 10.3. The predicted molar refractivity (Wildman–Crippen MR) is 72.1 cm³/mol. The highest BCUT2D eigenvalue weighted by atomic mass is 16.3. The van der Waals surface area contributed by atoms with E-state index in [2.05, 4.69) is 10.4 Å². The predicted octanol–water partition coefficient (Wildman–Crippen LogP) is 2.09. The Bertz CT molecular complexity index is 569. The Morgan fingerprint density at radius 1 is 1.42 bits per heavy atom. The van der Waals surface area contributed by atoms with Crippen molar-refractivity contribution < 1.29 is 9.21 Å². The van der Waals surface area contributed by atoms with E-state index in [9.17, 15) is 4.79 Å². The number of aromatic nitrogens is 2. The van der Waals surface area contributed by atoms with Crippen LogP contribution in [0.1, 0.15) is 34.6 Å². The van der Waals surface area contributed by atoms with E-state index in [1.807, 2.05) is 32.9 Å². The van der Waals surface area contributed by atoms with Crippen LogP contribution in [0.3, 0.4) is 0 Å². The molecule has 0 atom stereocenters. The number of amides is 1. The normalized spacial score (nSPS) is 10.7. The van der Waals surface area contributed by atoms with E-state index in [0.29, 0.717) is 25.2 Å². The van der Waals surface area contributed by atoms with Crippen molar-refractivity contribution >= 4 is 5.91 Å². The quantitative estimate of drug-likeness (QED) is 0.896. The van der Waals surface area contributed by atoms with Gasteiger partial charge < -0.3 is 9.73 Å². The molecule has 0 bridgehead atoms. The first kappa shape index (κ1) is 13.4. The Kier molecular flexibility index (Phi) is 4.04. The number of carbonyl (C=O) groups is 1. The third-order valence-electron chi connectivity index (χ3n) is 2.89. The molecule has 0 aliphatic carbocycles. The Hall–Kier alpha value is -2.04. The molecular weight excluding hydrogens is 242 g/mol. The van der Waals surface area contributed by atoms with Crippen LogP contribution in [0.2, 0.25) is 0 Å². The molecule has 0 spiro atoms. The number of hydrogen-bond acceptors (Lipinski definition) is 3. The maximum atomic E-state index is 12.0. The lowest BCUT2D eigenvalue weighted by molar-refractivity contribution is 0.0943. The van der Waals surface area contributed by atoms with Crippen LogP contribution in [0.25, 0.3) is 0 Å². The molecule has 0 aliphatic heterocycles. The van der Waals surface area contributed by atoms with E-state index >= 15 is 0 Å². The van der Waals surface area contributed by atoms with Crippen molar-refractivity contribution in [2.45, 2.75) is 33.7 Å². The van der Waals surface area contributed by atoms with Crippen LogP contribution >= 0.6 is 0 Å². The molecule has 1 N–H and O–H groups in total. The first-order valence-electron chi connectivity index (χ1n) is 6.48. The number of rotatable bonds is 5. The number of nitrogens with zero attached hydrogens (tertiary/aromatic N) is 2. The first-order chi connectivity index (χ1) is 9.10. The third-order valence-corrected chi connectivity index (χ3v) is 2.89. The number of carbonyl (C=O) groups excluding carboxylic acids is 1. The molecule has 2 rings (SSSR count). The number of hydrogen-bond donors (Lipinski definition) is 1. The fraction of sp³-hybridized carbons (Fsp3) is 0.429. The Labute approximate surface area is 112 Å². The van der Waals surface area contributed by atoms with Crippen molar-refractivity contribution in [3.8, 4) is 0 Å². The van der Waals surface area contributed by atoms with E-state index in [4.69, 9.17) is 4.42 Å². The van der Waals surface area contributed by atoms with Gasteiger partial charge >= 0.3 is 0 Å². The van der Waals surface area contributed by atoms with Gasteiger partial charge in [-0.3, -0.25) is 9.48 Å². The summed E-state index contributed by atoms with van der Waals surface area (Å²) in [5.41, 5.74) is 1.46. The molecule has 0 saturated heterocycles. The van der Waals surface area contributed by atoms with Gasteiger partial charge in [0.15, 0.2) is 0 Å². The zero-order chi connectivity index (χ0) is 13.8. The smallest absolute Gasteiger partial charge is 0.269 e. The average molecular weight is 261 g/mol. The molecular formula is C14H19N3O2. The van der Waals surface area contributed by atoms with Crippen LogP contribution in [0.15, 0.2) is 22.6 Å². The number of nitrogens with one attached hydrogen (secondary N) is 1. The second kappa shape index (κ2) is 5.73. The van der Waals surface area contributed by atoms with Gasteiger partial charge in [0.25, 0.3) is 5.91 Å². The molecule has 5 heteroatoms. The first-order valence-corrected chi connectivity index (χ1v) is 6.48. The van der Waals surface area contributed by atoms with Gasteiger partial charge in [-0.15, -0.1) is 0 Å². The highest BCUT2D eigenvalue weighted by Crippen LogP contribution is 2.07. The summed E-state index contributed by atoms with van der Waals surface area (Å²) in [5.74, 6) is 1.68. The van der Waals surface area contributed by atoms with Crippen LogP contribution in [-0.2, 0) is 13.0 Å². The minimum atomic E-state index is -0.0919. The zero-order valence-electron chi connectivity index (χ0n) is 11.6. The lowest BCUT2D eigenvalue weighted by Crippen LogP contribution is -2.28. The summed E-state index contributed by atoms with van der Waals surface area (Å²) in [6.07, 6.45) is 0.693. The molecule has 0 saturated carbocycles. The minimum absolute atomic E-state index is 0.0919. The summed E-state index contributed by atoms with van der Waals surface area (Å²) in [4.78, 5) is 12.0. The molecule has 0 radical (unpaired) electrons. The maximum Gasteiger partial charge on any atom is 0.269 e. The van der Waals surface area contributed by atoms with Crippen LogP contribution in [0, 0.1) is 13.8 Å². The van der Waals surface area contributed by atoms with E-state index in [1.165, 1.54) is 0 Å². The number of aryl methyl sites for hydroxylation is 3. The van der Waals surface area contributed by atoms with Gasteiger partial charge in [0.2, 0.25) is 0 Å². The van der Waals surface area contributed by atoms with Gasteiger partial charge in [-0.2, -0.15) is 5.10 Å². The van der Waals surface area contributed by atoms with Gasteiger partial charge in [0, 0.05) is 19.5 Å². The highest BCUT2D eigenvalue weighted by Gasteiger charge is 2.12. The van der Waals surface area contributed by atoms with Crippen molar-refractivity contribution in [1.82, 2.24) is 15.1 Å². The van der Waals surface area contributed by atoms with Crippen molar-refractivity contribution in [3.63, 3.8) is 0 Å². The summed E-state index contributed by atoms with van der Waals surface area (Å²) >= 11 is 0. The van der Waals surface area contributed by atoms with Crippen molar-refractivity contribution in [1.29, 1.82) is 0 Å². The van der Waals surface area contributed by atoms with Gasteiger partial charge in [-0.05, 0) is 39.0 Å². The fourth-order valence-electron chi connectivity index (χ4n) is 1.98. The average Bonchev–Trinajstić information content (AvgIpc) is 2.95. The van der Waals surface area contributed by atoms with E-state index < -0.39 is 0 Å². The molecule has 102 valence electrons. The Morgan fingerprint density at radius 2 is 2.21 bits per heavy atom. The van der Waals surface area contributed by atoms with Gasteiger partial charge in [-0.1, -0.05) is 0 Å². The molecule has 2 heterocycles. The van der Waals surface area contributed by atoms with Crippen molar-refractivity contribution in [3.05, 3.63) is 41.1 Å². The van der Waals surface area contributed by atoms with E-state index in [0.717, 1.165) is 17.2 Å². The molecule has 0 aromatic carbocycles. The molecule has 5 nitrogen and oxygen atoms in total. The summed E-state index contributed by atoms with van der Waals surface area (Å²) in [7, 11) is 0. The second-order valence-electron chi connectivity index (χ2n) is 4.50. The molecule has 0 aliphatic rings. The van der Waals surface area contributed by atoms with Crippen LogP contribution in [-0.4, -0.2) is 22.2 Å².